The average molecular weight is 401 g/mol. The van der Waals surface area contributed by atoms with Crippen molar-refractivity contribution in [2.75, 3.05) is 13.1 Å². The van der Waals surface area contributed by atoms with E-state index in [4.69, 9.17) is 4.52 Å². The third-order valence-corrected chi connectivity index (χ3v) is 5.92. The van der Waals surface area contributed by atoms with Gasteiger partial charge < -0.3 is 9.42 Å². The molecule has 0 aliphatic carbocycles. The number of aryl methyl sites for hydroxylation is 4. The quantitative estimate of drug-likeness (QED) is 0.654. The molecule has 1 aliphatic rings. The van der Waals surface area contributed by atoms with Crippen LogP contribution in [0.2, 0.25) is 0 Å². The molecular weight excluding hydrogens is 376 g/mol. The summed E-state index contributed by atoms with van der Waals surface area (Å²) in [4.78, 5) is 15.7. The lowest BCUT2D eigenvalue weighted by atomic mass is 9.93. The smallest absolute Gasteiger partial charge is 0.224 e. The first-order valence-corrected chi connectivity index (χ1v) is 10.3. The fourth-order valence-electron chi connectivity index (χ4n) is 3.79. The van der Waals surface area contributed by atoms with E-state index in [0.717, 1.165) is 47.0 Å². The van der Waals surface area contributed by atoms with E-state index in [2.05, 4.69) is 19.8 Å². The zero-order chi connectivity index (χ0) is 19.7. The Morgan fingerprint density at radius 1 is 1.29 bits per heavy atom. The number of hydrogen-bond donors (Lipinski definition) is 0. The van der Waals surface area contributed by atoms with Crippen molar-refractivity contribution in [2.45, 2.75) is 52.5 Å². The van der Waals surface area contributed by atoms with Crippen molar-refractivity contribution >= 4 is 17.4 Å². The van der Waals surface area contributed by atoms with Crippen LogP contribution in [-0.4, -0.2) is 48.4 Å². The molecule has 9 heteroatoms. The lowest BCUT2D eigenvalue weighted by Gasteiger charge is -2.32. The molecule has 0 bridgehead atoms. The summed E-state index contributed by atoms with van der Waals surface area (Å²) in [5.41, 5.74) is 3.81. The number of piperidine rings is 1. The predicted molar refractivity (Wildman–Crippen MR) is 105 cm³/mol. The van der Waals surface area contributed by atoms with Gasteiger partial charge in [0, 0.05) is 43.7 Å². The minimum atomic E-state index is 0.164. The van der Waals surface area contributed by atoms with Crippen LogP contribution in [0, 0.1) is 20.8 Å². The molecular formula is C19H24N6O2S. The Morgan fingerprint density at radius 3 is 2.86 bits per heavy atom. The lowest BCUT2D eigenvalue weighted by molar-refractivity contribution is -0.132. The molecule has 28 heavy (non-hydrogen) atoms. The number of carbonyl (C=O) groups excluding carboxylic acids is 1. The van der Waals surface area contributed by atoms with E-state index in [1.165, 1.54) is 11.5 Å². The monoisotopic (exact) mass is 400 g/mol. The lowest BCUT2D eigenvalue weighted by Crippen LogP contribution is -2.39. The third-order valence-electron chi connectivity index (χ3n) is 5.17. The summed E-state index contributed by atoms with van der Waals surface area (Å²) in [7, 11) is 0. The molecule has 8 nitrogen and oxygen atoms in total. The summed E-state index contributed by atoms with van der Waals surface area (Å²) in [6, 6.07) is 3.93. The maximum absolute atomic E-state index is 12.8. The molecule has 3 aromatic rings. The average Bonchev–Trinajstić information content (AvgIpc) is 3.39. The molecule has 0 unspecified atom stereocenters. The second kappa shape index (κ2) is 7.83. The van der Waals surface area contributed by atoms with Gasteiger partial charge in [-0.2, -0.15) is 5.10 Å². The molecule has 3 aromatic heterocycles. The van der Waals surface area contributed by atoms with Gasteiger partial charge in [-0.05, 0) is 51.2 Å². The van der Waals surface area contributed by atoms with Gasteiger partial charge in [-0.1, -0.05) is 9.64 Å². The van der Waals surface area contributed by atoms with Crippen molar-refractivity contribution in [2.24, 2.45) is 0 Å². The fraction of sp³-hybridized carbons (Fsp3) is 0.526. The first-order valence-electron chi connectivity index (χ1n) is 9.56. The first-order chi connectivity index (χ1) is 13.5. The SMILES string of the molecule is Cc1cc(-c2snnc2[C@H]2CCCN(C(=O)CCn3nc(C)cc3C)C2)on1. The highest BCUT2D eigenvalue weighted by Crippen LogP contribution is 2.35. The normalized spacial score (nSPS) is 17.2. The summed E-state index contributed by atoms with van der Waals surface area (Å²) in [6.45, 7) is 7.95. The van der Waals surface area contributed by atoms with Crippen LogP contribution in [0.5, 0.6) is 0 Å². The minimum absolute atomic E-state index is 0.164. The Hall–Kier alpha value is -2.55. The van der Waals surface area contributed by atoms with Crippen molar-refractivity contribution in [3.8, 4) is 10.6 Å². The number of likely N-dealkylation sites (tertiary alicyclic amines) is 1. The summed E-state index contributed by atoms with van der Waals surface area (Å²) in [5.74, 6) is 1.04. The summed E-state index contributed by atoms with van der Waals surface area (Å²) >= 11 is 1.32. The third kappa shape index (κ3) is 3.84. The number of amides is 1. The van der Waals surface area contributed by atoms with Gasteiger partial charge in [0.05, 0.1) is 17.1 Å². The molecule has 0 aromatic carbocycles. The van der Waals surface area contributed by atoms with Gasteiger partial charge in [0.15, 0.2) is 5.76 Å². The molecule has 1 aliphatic heterocycles. The Balaban J connectivity index is 1.43. The number of carbonyl (C=O) groups is 1. The summed E-state index contributed by atoms with van der Waals surface area (Å²) in [5, 5.41) is 12.8. The van der Waals surface area contributed by atoms with Gasteiger partial charge in [-0.3, -0.25) is 9.48 Å². The molecule has 148 valence electrons. The molecule has 1 fully saturated rings. The molecule has 4 rings (SSSR count). The van der Waals surface area contributed by atoms with E-state index in [0.29, 0.717) is 25.3 Å². The van der Waals surface area contributed by atoms with Crippen LogP contribution < -0.4 is 0 Å². The number of aromatic nitrogens is 5. The van der Waals surface area contributed by atoms with Gasteiger partial charge in [0.1, 0.15) is 4.88 Å². The fourth-order valence-corrected chi connectivity index (χ4v) is 4.49. The van der Waals surface area contributed by atoms with Crippen molar-refractivity contribution in [3.05, 3.63) is 34.9 Å². The van der Waals surface area contributed by atoms with Gasteiger partial charge in [0.2, 0.25) is 5.91 Å². The molecule has 0 spiro atoms. The van der Waals surface area contributed by atoms with Gasteiger partial charge in [-0.25, -0.2) is 0 Å². The van der Waals surface area contributed by atoms with E-state index >= 15 is 0 Å². The topological polar surface area (TPSA) is 89.9 Å². The zero-order valence-corrected chi connectivity index (χ0v) is 17.2. The van der Waals surface area contributed by atoms with Gasteiger partial charge >= 0.3 is 0 Å². The van der Waals surface area contributed by atoms with E-state index in [1.54, 1.807) is 0 Å². The molecule has 4 heterocycles. The highest BCUT2D eigenvalue weighted by atomic mass is 32.1. The highest BCUT2D eigenvalue weighted by Gasteiger charge is 2.29. The van der Waals surface area contributed by atoms with Crippen LogP contribution >= 0.6 is 11.5 Å². The van der Waals surface area contributed by atoms with E-state index in [9.17, 15) is 4.79 Å². The standard InChI is InChI=1S/C19H24N6O2S/c1-12-9-14(3)25(21-12)8-6-17(26)24-7-4-5-15(11-24)18-19(28-23-20-18)16-10-13(2)22-27-16/h9-10,15H,4-8,11H2,1-3H3/t15-/m0/s1. The largest absolute Gasteiger partial charge is 0.355 e. The Kier molecular flexibility index (Phi) is 5.25. The Morgan fingerprint density at radius 2 is 2.14 bits per heavy atom. The first kappa shape index (κ1) is 18.8. The van der Waals surface area contributed by atoms with Crippen molar-refractivity contribution < 1.29 is 9.32 Å². The molecule has 0 radical (unpaired) electrons. The van der Waals surface area contributed by atoms with Crippen molar-refractivity contribution in [3.63, 3.8) is 0 Å². The van der Waals surface area contributed by atoms with Crippen LogP contribution in [0.25, 0.3) is 10.6 Å². The summed E-state index contributed by atoms with van der Waals surface area (Å²) in [6.07, 6.45) is 2.41. The zero-order valence-electron chi connectivity index (χ0n) is 16.4. The Labute approximate surface area is 167 Å². The van der Waals surface area contributed by atoms with Crippen molar-refractivity contribution in [1.82, 2.24) is 29.4 Å². The molecule has 1 amide bonds. The summed E-state index contributed by atoms with van der Waals surface area (Å²) < 4.78 is 11.4. The second-order valence-electron chi connectivity index (χ2n) is 7.40. The maximum atomic E-state index is 12.8. The van der Waals surface area contributed by atoms with Crippen LogP contribution in [-0.2, 0) is 11.3 Å². The second-order valence-corrected chi connectivity index (χ2v) is 8.15. The number of hydrogen-bond acceptors (Lipinski definition) is 7. The van der Waals surface area contributed by atoms with Gasteiger partial charge in [-0.15, -0.1) is 5.10 Å². The van der Waals surface area contributed by atoms with Crippen LogP contribution in [0.1, 0.15) is 48.0 Å². The van der Waals surface area contributed by atoms with E-state index < -0.39 is 0 Å². The number of nitrogens with zero attached hydrogens (tertiary/aromatic N) is 6. The molecule has 1 saturated heterocycles. The van der Waals surface area contributed by atoms with E-state index in [-0.39, 0.29) is 11.8 Å². The molecule has 0 N–H and O–H groups in total. The van der Waals surface area contributed by atoms with Gasteiger partial charge in [0.25, 0.3) is 0 Å². The Bertz CT molecular complexity index is 975. The molecule has 0 saturated carbocycles. The van der Waals surface area contributed by atoms with Crippen molar-refractivity contribution in [1.29, 1.82) is 0 Å². The van der Waals surface area contributed by atoms with Crippen LogP contribution in [0.3, 0.4) is 0 Å². The number of rotatable bonds is 5. The predicted octanol–water partition coefficient (Wildman–Crippen LogP) is 3.11. The van der Waals surface area contributed by atoms with E-state index in [1.807, 2.05) is 42.5 Å². The highest BCUT2D eigenvalue weighted by molar-refractivity contribution is 7.09. The minimum Gasteiger partial charge on any atom is -0.355 e. The van der Waals surface area contributed by atoms with Crippen LogP contribution in [0.4, 0.5) is 0 Å². The maximum Gasteiger partial charge on any atom is 0.224 e. The molecule has 1 atom stereocenters. The van der Waals surface area contributed by atoms with Crippen LogP contribution in [0.15, 0.2) is 16.7 Å².